The monoisotopic (exact) mass is 325 g/mol. The number of hydrogen-bond acceptors (Lipinski definition) is 4. The van der Waals surface area contributed by atoms with Gasteiger partial charge in [-0.1, -0.05) is 6.58 Å². The maximum absolute atomic E-state index is 11.9. The maximum Gasteiger partial charge on any atom is 0.407 e. The molecule has 1 aliphatic carbocycles. The molecule has 7 heteroatoms. The zero-order valence-electron chi connectivity index (χ0n) is 14.3. The number of ether oxygens (including phenoxy) is 1. The summed E-state index contributed by atoms with van der Waals surface area (Å²) in [6, 6.07) is -0.0163. The molecule has 0 aromatic rings. The van der Waals surface area contributed by atoms with Gasteiger partial charge in [0, 0.05) is 19.1 Å². The minimum absolute atomic E-state index is 0.00494. The Hall–Kier alpha value is -2.05. The lowest BCUT2D eigenvalue weighted by Crippen LogP contribution is -2.43. The Morgan fingerprint density at radius 3 is 2.30 bits per heavy atom. The van der Waals surface area contributed by atoms with E-state index in [-0.39, 0.29) is 30.4 Å². The van der Waals surface area contributed by atoms with Crippen molar-refractivity contribution in [2.24, 2.45) is 0 Å². The molecule has 0 aromatic carbocycles. The fraction of sp³-hybridized carbons (Fsp3) is 0.688. The first kappa shape index (κ1) is 19.0. The van der Waals surface area contributed by atoms with Crippen LogP contribution in [0.3, 0.4) is 0 Å². The predicted octanol–water partition coefficient (Wildman–Crippen LogP) is 1.19. The smallest absolute Gasteiger partial charge is 0.407 e. The summed E-state index contributed by atoms with van der Waals surface area (Å²) in [7, 11) is 1.55. The van der Waals surface area contributed by atoms with E-state index in [1.54, 1.807) is 7.05 Å². The predicted molar refractivity (Wildman–Crippen MR) is 86.8 cm³/mol. The molecule has 0 unspecified atom stereocenters. The highest BCUT2D eigenvalue weighted by atomic mass is 16.6. The minimum atomic E-state index is -0.529. The highest BCUT2D eigenvalue weighted by Gasteiger charge is 2.28. The third kappa shape index (κ3) is 7.17. The van der Waals surface area contributed by atoms with Crippen molar-refractivity contribution in [1.29, 1.82) is 0 Å². The topological polar surface area (TPSA) is 87.7 Å². The summed E-state index contributed by atoms with van der Waals surface area (Å²) in [6.45, 7) is 8.80. The number of nitrogens with zero attached hydrogens (tertiary/aromatic N) is 1. The molecule has 0 saturated heterocycles. The van der Waals surface area contributed by atoms with Gasteiger partial charge in [-0.25, -0.2) is 4.79 Å². The summed E-state index contributed by atoms with van der Waals surface area (Å²) >= 11 is 0. The zero-order valence-corrected chi connectivity index (χ0v) is 14.3. The van der Waals surface area contributed by atoms with Crippen LogP contribution < -0.4 is 10.6 Å². The molecule has 0 spiro atoms. The van der Waals surface area contributed by atoms with Gasteiger partial charge in [0.05, 0.1) is 6.54 Å². The quantitative estimate of drug-likeness (QED) is 0.743. The first-order valence-electron chi connectivity index (χ1n) is 7.77. The van der Waals surface area contributed by atoms with Crippen molar-refractivity contribution < 1.29 is 19.1 Å². The van der Waals surface area contributed by atoms with E-state index in [2.05, 4.69) is 17.2 Å². The van der Waals surface area contributed by atoms with Gasteiger partial charge < -0.3 is 20.3 Å². The average Bonchev–Trinajstić information content (AvgIpc) is 2.82. The van der Waals surface area contributed by atoms with Crippen LogP contribution in [0.15, 0.2) is 12.7 Å². The van der Waals surface area contributed by atoms with Crippen LogP contribution >= 0.6 is 0 Å². The van der Waals surface area contributed by atoms with Crippen LogP contribution in [-0.4, -0.2) is 54.1 Å². The molecule has 2 atom stereocenters. The summed E-state index contributed by atoms with van der Waals surface area (Å²) < 4.78 is 5.22. The molecule has 23 heavy (non-hydrogen) atoms. The van der Waals surface area contributed by atoms with E-state index in [0.29, 0.717) is 6.42 Å². The van der Waals surface area contributed by atoms with Crippen molar-refractivity contribution in [1.82, 2.24) is 15.5 Å². The molecule has 0 aromatic heterocycles. The number of nitrogens with one attached hydrogen (secondary N) is 2. The molecule has 0 heterocycles. The largest absolute Gasteiger partial charge is 0.444 e. The van der Waals surface area contributed by atoms with E-state index in [4.69, 9.17) is 4.74 Å². The van der Waals surface area contributed by atoms with Crippen LogP contribution in [0.2, 0.25) is 0 Å². The molecule has 1 aliphatic rings. The van der Waals surface area contributed by atoms with Crippen LogP contribution in [0.25, 0.3) is 0 Å². The number of likely N-dealkylation sites (N-methyl/N-ethyl adjacent to an activating group) is 1. The summed E-state index contributed by atoms with van der Waals surface area (Å²) in [4.78, 5) is 36.3. The van der Waals surface area contributed by atoms with Gasteiger partial charge in [-0.15, -0.1) is 0 Å². The van der Waals surface area contributed by atoms with Crippen molar-refractivity contribution in [3.05, 3.63) is 12.7 Å². The van der Waals surface area contributed by atoms with Crippen molar-refractivity contribution in [2.45, 2.75) is 57.7 Å². The van der Waals surface area contributed by atoms with Gasteiger partial charge in [-0.2, -0.15) is 0 Å². The fourth-order valence-corrected chi connectivity index (χ4v) is 2.44. The number of amides is 3. The minimum Gasteiger partial charge on any atom is -0.444 e. The lowest BCUT2D eigenvalue weighted by Gasteiger charge is -2.22. The Bertz CT molecular complexity index is 470. The summed E-state index contributed by atoms with van der Waals surface area (Å²) in [6.07, 6.45) is 2.95. The van der Waals surface area contributed by atoms with Crippen molar-refractivity contribution in [3.8, 4) is 0 Å². The van der Waals surface area contributed by atoms with Gasteiger partial charge in [-0.3, -0.25) is 9.59 Å². The second kappa shape index (κ2) is 7.99. The molecule has 1 saturated carbocycles. The van der Waals surface area contributed by atoms with Gasteiger partial charge in [0.25, 0.3) is 0 Å². The van der Waals surface area contributed by atoms with Gasteiger partial charge in [0.1, 0.15) is 5.60 Å². The third-order valence-electron chi connectivity index (χ3n) is 3.45. The third-order valence-corrected chi connectivity index (χ3v) is 3.45. The number of carbonyl (C=O) groups is 3. The number of hydrogen-bond donors (Lipinski definition) is 2. The normalized spacial score (nSPS) is 20.5. The van der Waals surface area contributed by atoms with Crippen LogP contribution in [0.5, 0.6) is 0 Å². The van der Waals surface area contributed by atoms with E-state index >= 15 is 0 Å². The van der Waals surface area contributed by atoms with Crippen molar-refractivity contribution >= 4 is 17.9 Å². The standard InChI is InChI=1S/C16H27N3O4/c1-6-14(21)19(5)10-13(20)17-11-7-8-12(9-11)18-15(22)23-16(2,3)4/h6,11-12H,1,7-10H2,2-5H3,(H,17,20)(H,18,22)/t11-,12+/m1/s1. The van der Waals surface area contributed by atoms with E-state index in [9.17, 15) is 14.4 Å². The van der Waals surface area contributed by atoms with E-state index in [0.717, 1.165) is 12.8 Å². The molecule has 2 N–H and O–H groups in total. The average molecular weight is 325 g/mol. The van der Waals surface area contributed by atoms with E-state index < -0.39 is 11.7 Å². The Kier molecular flexibility index (Phi) is 6.60. The molecule has 1 rings (SSSR count). The van der Waals surface area contributed by atoms with Crippen molar-refractivity contribution in [3.63, 3.8) is 0 Å². The second-order valence-electron chi connectivity index (χ2n) is 6.82. The van der Waals surface area contributed by atoms with Crippen molar-refractivity contribution in [2.75, 3.05) is 13.6 Å². The lowest BCUT2D eigenvalue weighted by atomic mass is 10.2. The Balaban J connectivity index is 2.34. The summed E-state index contributed by atoms with van der Waals surface area (Å²) in [5, 5.41) is 5.70. The second-order valence-corrected chi connectivity index (χ2v) is 6.82. The zero-order chi connectivity index (χ0) is 17.6. The number of rotatable bonds is 5. The molecule has 7 nitrogen and oxygen atoms in total. The summed E-state index contributed by atoms with van der Waals surface area (Å²) in [5.74, 6) is -0.512. The first-order valence-corrected chi connectivity index (χ1v) is 7.77. The highest BCUT2D eigenvalue weighted by Crippen LogP contribution is 2.19. The van der Waals surface area contributed by atoms with Crippen LogP contribution in [-0.2, 0) is 14.3 Å². The Labute approximate surface area is 137 Å². The van der Waals surface area contributed by atoms with E-state index in [1.807, 2.05) is 20.8 Å². The number of carbonyl (C=O) groups excluding carboxylic acids is 3. The first-order chi connectivity index (χ1) is 10.6. The Morgan fingerprint density at radius 2 is 1.78 bits per heavy atom. The fourth-order valence-electron chi connectivity index (χ4n) is 2.44. The molecular formula is C16H27N3O4. The van der Waals surface area contributed by atoms with Gasteiger partial charge in [-0.05, 0) is 46.1 Å². The molecule has 130 valence electrons. The van der Waals surface area contributed by atoms with Crippen LogP contribution in [0.4, 0.5) is 4.79 Å². The molecular weight excluding hydrogens is 298 g/mol. The lowest BCUT2D eigenvalue weighted by molar-refractivity contribution is -0.131. The van der Waals surface area contributed by atoms with E-state index in [1.165, 1.54) is 11.0 Å². The molecule has 0 bridgehead atoms. The Morgan fingerprint density at radius 1 is 1.22 bits per heavy atom. The highest BCUT2D eigenvalue weighted by molar-refractivity contribution is 5.90. The molecule has 3 amide bonds. The molecule has 1 fully saturated rings. The number of alkyl carbamates (subject to hydrolysis) is 1. The van der Waals surface area contributed by atoms with Gasteiger partial charge >= 0.3 is 6.09 Å². The van der Waals surface area contributed by atoms with Crippen LogP contribution in [0.1, 0.15) is 40.0 Å². The SMILES string of the molecule is C=CC(=O)N(C)CC(=O)N[C@@H]1CC[C@H](NC(=O)OC(C)(C)C)C1. The van der Waals surface area contributed by atoms with Gasteiger partial charge in [0.2, 0.25) is 11.8 Å². The van der Waals surface area contributed by atoms with Crippen LogP contribution in [0, 0.1) is 0 Å². The molecule has 0 radical (unpaired) electrons. The van der Waals surface area contributed by atoms with Gasteiger partial charge in [0.15, 0.2) is 0 Å². The maximum atomic E-state index is 11.9. The molecule has 0 aliphatic heterocycles. The summed E-state index contributed by atoms with van der Waals surface area (Å²) in [5.41, 5.74) is -0.529.